The summed E-state index contributed by atoms with van der Waals surface area (Å²) < 4.78 is 33.2. The van der Waals surface area contributed by atoms with E-state index in [1.165, 1.54) is 18.4 Å². The highest BCUT2D eigenvalue weighted by Gasteiger charge is 2.19. The van der Waals surface area contributed by atoms with Crippen LogP contribution in [0.1, 0.15) is 19.2 Å². The van der Waals surface area contributed by atoms with Crippen LogP contribution in [0.4, 0.5) is 5.69 Å². The van der Waals surface area contributed by atoms with E-state index >= 15 is 0 Å². The van der Waals surface area contributed by atoms with E-state index in [0.717, 1.165) is 11.3 Å². The number of aromatic nitrogens is 2. The average molecular weight is 456 g/mol. The van der Waals surface area contributed by atoms with Crippen LogP contribution in [-0.4, -0.2) is 48.9 Å². The zero-order chi connectivity index (χ0) is 23.3. The quantitative estimate of drug-likeness (QED) is 0.530. The number of fused-ring (bicyclic) bond motifs is 1. The smallest absolute Gasteiger partial charge is 0.242 e. The van der Waals surface area contributed by atoms with E-state index in [1.54, 1.807) is 42.5 Å². The summed E-state index contributed by atoms with van der Waals surface area (Å²) in [5.41, 5.74) is 2.04. The summed E-state index contributed by atoms with van der Waals surface area (Å²) >= 11 is 0. The summed E-state index contributed by atoms with van der Waals surface area (Å²) in [7, 11) is -0.578. The molecule has 0 aliphatic heterocycles. The van der Waals surface area contributed by atoms with Gasteiger partial charge in [0.25, 0.3) is 0 Å². The molecule has 32 heavy (non-hydrogen) atoms. The Kier molecular flexibility index (Phi) is 7.12. The number of anilines is 1. The largest absolute Gasteiger partial charge is 0.479 e. The maximum atomic E-state index is 12.4. The van der Waals surface area contributed by atoms with Crippen LogP contribution < -0.4 is 10.1 Å². The minimum Gasteiger partial charge on any atom is -0.479 e. The van der Waals surface area contributed by atoms with Crippen LogP contribution in [-0.2, 0) is 27.8 Å². The number of hydrogen-bond donors (Lipinski definition) is 1. The third kappa shape index (κ3) is 5.07. The van der Waals surface area contributed by atoms with Crippen LogP contribution in [0.2, 0.25) is 0 Å². The number of sulfonamides is 1. The molecule has 1 aromatic heterocycles. The van der Waals surface area contributed by atoms with Gasteiger partial charge < -0.3 is 14.6 Å². The fraction of sp³-hybridized carbons (Fsp3) is 0.318. The van der Waals surface area contributed by atoms with Crippen molar-refractivity contribution in [3.63, 3.8) is 0 Å². The summed E-state index contributed by atoms with van der Waals surface area (Å²) in [6.07, 6.45) is 0.631. The maximum Gasteiger partial charge on any atom is 0.242 e. The Labute approximate surface area is 187 Å². The van der Waals surface area contributed by atoms with Gasteiger partial charge in [-0.05, 0) is 49.4 Å². The monoisotopic (exact) mass is 455 g/mol. The molecule has 0 spiro atoms. The Balaban J connectivity index is 1.71. The van der Waals surface area contributed by atoms with E-state index in [4.69, 9.17) is 10.00 Å². The highest BCUT2D eigenvalue weighted by atomic mass is 32.2. The number of nitrogens with one attached hydrogen (secondary N) is 1. The topological polar surface area (TPSA) is 117 Å². The van der Waals surface area contributed by atoms with Crippen molar-refractivity contribution in [3.8, 4) is 11.8 Å². The number of ether oxygens (including phenoxy) is 1. The third-order valence-electron chi connectivity index (χ3n) is 4.91. The van der Waals surface area contributed by atoms with Crippen molar-refractivity contribution >= 4 is 32.7 Å². The summed E-state index contributed by atoms with van der Waals surface area (Å²) in [6, 6.07) is 13.6. The number of nitriles is 1. The first-order valence-electron chi connectivity index (χ1n) is 10.1. The minimum absolute atomic E-state index is 0.0350. The second kappa shape index (κ2) is 9.80. The molecular weight excluding hydrogens is 430 g/mol. The number of carbonyl (C=O) groups is 1. The molecule has 3 rings (SSSR count). The highest BCUT2D eigenvalue weighted by molar-refractivity contribution is 7.89. The summed E-state index contributed by atoms with van der Waals surface area (Å²) in [4.78, 5) is 17.2. The van der Waals surface area contributed by atoms with E-state index in [0.29, 0.717) is 29.9 Å². The molecule has 0 saturated heterocycles. The Bertz CT molecular complexity index is 1260. The highest BCUT2D eigenvalue weighted by Crippen LogP contribution is 2.23. The van der Waals surface area contributed by atoms with Crippen LogP contribution in [0.25, 0.3) is 11.0 Å². The van der Waals surface area contributed by atoms with E-state index in [2.05, 4.69) is 10.3 Å². The van der Waals surface area contributed by atoms with Crippen LogP contribution in [0.5, 0.6) is 5.75 Å². The number of carbonyl (C=O) groups excluding carboxylic acids is 1. The zero-order valence-electron chi connectivity index (χ0n) is 18.2. The van der Waals surface area contributed by atoms with Gasteiger partial charge in [0.15, 0.2) is 6.61 Å². The molecule has 0 fully saturated rings. The van der Waals surface area contributed by atoms with Gasteiger partial charge in [-0.1, -0.05) is 0 Å². The van der Waals surface area contributed by atoms with Crippen molar-refractivity contribution in [1.82, 2.24) is 13.9 Å². The normalized spacial score (nSPS) is 11.5. The summed E-state index contributed by atoms with van der Waals surface area (Å²) in [6.45, 7) is 2.59. The molecule has 0 unspecified atom stereocenters. The first-order valence-corrected chi connectivity index (χ1v) is 11.5. The maximum absolute atomic E-state index is 12.4. The van der Waals surface area contributed by atoms with Crippen molar-refractivity contribution in [1.29, 1.82) is 5.26 Å². The van der Waals surface area contributed by atoms with Crippen molar-refractivity contribution in [2.75, 3.05) is 26.0 Å². The van der Waals surface area contributed by atoms with Crippen molar-refractivity contribution < 1.29 is 17.9 Å². The van der Waals surface area contributed by atoms with Gasteiger partial charge in [-0.2, -0.15) is 5.26 Å². The van der Waals surface area contributed by atoms with E-state index in [-0.39, 0.29) is 23.8 Å². The Hall–Kier alpha value is -3.42. The molecule has 0 aliphatic carbocycles. The van der Waals surface area contributed by atoms with Gasteiger partial charge in [0.2, 0.25) is 15.9 Å². The van der Waals surface area contributed by atoms with Crippen LogP contribution >= 0.6 is 0 Å². The van der Waals surface area contributed by atoms with Crippen molar-refractivity contribution in [2.24, 2.45) is 0 Å². The van der Waals surface area contributed by atoms with Crippen LogP contribution in [0, 0.1) is 11.3 Å². The predicted octanol–water partition coefficient (Wildman–Crippen LogP) is 2.78. The molecule has 0 saturated carbocycles. The number of hydrogen-bond acceptors (Lipinski definition) is 6. The molecule has 0 bridgehead atoms. The Morgan fingerprint density at radius 3 is 2.56 bits per heavy atom. The SMILES string of the molecule is CCn1c(CCC(=O)Nc2ccc(OCC#N)cc2)nc2cc(S(=O)(=O)N(C)C)ccc21. The summed E-state index contributed by atoms with van der Waals surface area (Å²) in [5.74, 6) is 1.11. The van der Waals surface area contributed by atoms with E-state index in [1.807, 2.05) is 17.6 Å². The second-order valence-electron chi connectivity index (χ2n) is 7.23. The lowest BCUT2D eigenvalue weighted by atomic mass is 10.2. The summed E-state index contributed by atoms with van der Waals surface area (Å²) in [5, 5.41) is 11.4. The average Bonchev–Trinajstić information content (AvgIpc) is 3.13. The predicted molar refractivity (Wildman–Crippen MR) is 121 cm³/mol. The van der Waals surface area contributed by atoms with Crippen LogP contribution in [0.15, 0.2) is 47.4 Å². The molecule has 0 radical (unpaired) electrons. The van der Waals surface area contributed by atoms with Gasteiger partial charge in [0.1, 0.15) is 17.6 Å². The molecular formula is C22H25N5O4S. The molecule has 1 heterocycles. The molecule has 0 aliphatic rings. The lowest BCUT2D eigenvalue weighted by Gasteiger charge is -2.11. The fourth-order valence-corrected chi connectivity index (χ4v) is 4.20. The van der Waals surface area contributed by atoms with E-state index < -0.39 is 10.0 Å². The van der Waals surface area contributed by atoms with Gasteiger partial charge in [-0.15, -0.1) is 0 Å². The molecule has 1 amide bonds. The number of benzene rings is 2. The van der Waals surface area contributed by atoms with E-state index in [9.17, 15) is 13.2 Å². The number of rotatable bonds is 9. The Morgan fingerprint density at radius 2 is 1.94 bits per heavy atom. The van der Waals surface area contributed by atoms with Gasteiger partial charge in [-0.25, -0.2) is 17.7 Å². The van der Waals surface area contributed by atoms with Gasteiger partial charge >= 0.3 is 0 Å². The van der Waals surface area contributed by atoms with Crippen molar-refractivity contribution in [3.05, 3.63) is 48.3 Å². The molecule has 0 atom stereocenters. The van der Waals surface area contributed by atoms with Gasteiger partial charge in [0, 0.05) is 39.2 Å². The number of imidazole rings is 1. The zero-order valence-corrected chi connectivity index (χ0v) is 19.0. The molecule has 1 N–H and O–H groups in total. The number of amides is 1. The third-order valence-corrected chi connectivity index (χ3v) is 6.72. The van der Waals surface area contributed by atoms with Gasteiger partial charge in [-0.3, -0.25) is 4.79 Å². The second-order valence-corrected chi connectivity index (χ2v) is 9.38. The molecule has 168 valence electrons. The molecule has 10 heteroatoms. The van der Waals surface area contributed by atoms with Gasteiger partial charge in [0.05, 0.1) is 15.9 Å². The molecule has 9 nitrogen and oxygen atoms in total. The number of aryl methyl sites for hydroxylation is 2. The van der Waals surface area contributed by atoms with Crippen LogP contribution in [0.3, 0.4) is 0 Å². The minimum atomic E-state index is -3.55. The van der Waals surface area contributed by atoms with Crippen molar-refractivity contribution in [2.45, 2.75) is 31.2 Å². The number of nitrogens with zero attached hydrogens (tertiary/aromatic N) is 4. The fourth-order valence-electron chi connectivity index (χ4n) is 3.27. The standard InChI is InChI=1S/C22H25N5O4S/c1-4-27-20-10-9-18(32(29,30)26(2)3)15-19(20)25-21(27)11-12-22(28)24-16-5-7-17(8-6-16)31-14-13-23/h5-10,15H,4,11-12,14H2,1-3H3,(H,24,28). The Morgan fingerprint density at radius 1 is 1.22 bits per heavy atom. The molecule has 3 aromatic rings. The first-order chi connectivity index (χ1) is 15.3. The first kappa shape index (κ1) is 23.2. The lowest BCUT2D eigenvalue weighted by Crippen LogP contribution is -2.22. The lowest BCUT2D eigenvalue weighted by molar-refractivity contribution is -0.116. The molecule has 2 aromatic carbocycles.